The molecule has 8 heteroatoms. The number of carbonyl (C=O) groups is 1. The minimum atomic E-state index is -0.0248. The van der Waals surface area contributed by atoms with Gasteiger partial charge in [0.25, 0.3) is 11.8 Å². The molecule has 4 fully saturated rings. The molecule has 6 rings (SSSR count). The molecule has 1 N–H and O–H groups in total. The van der Waals surface area contributed by atoms with Crippen LogP contribution in [0.2, 0.25) is 0 Å². The summed E-state index contributed by atoms with van der Waals surface area (Å²) in [5, 5.41) is 7.25. The predicted octanol–water partition coefficient (Wildman–Crippen LogP) is 2.52. The smallest absolute Gasteiger partial charge is 0.261 e. The van der Waals surface area contributed by atoms with Crippen LogP contribution in [0, 0.1) is 5.92 Å². The van der Waals surface area contributed by atoms with E-state index in [9.17, 15) is 4.79 Å². The van der Waals surface area contributed by atoms with Crippen molar-refractivity contribution >= 4 is 11.8 Å². The Morgan fingerprint density at radius 1 is 1.13 bits per heavy atom. The lowest BCUT2D eigenvalue weighted by Crippen LogP contribution is -2.62. The van der Waals surface area contributed by atoms with E-state index in [2.05, 4.69) is 27.2 Å². The van der Waals surface area contributed by atoms with Gasteiger partial charge in [-0.25, -0.2) is 0 Å². The fourth-order valence-corrected chi connectivity index (χ4v) is 4.81. The molecule has 0 radical (unpaired) electrons. The zero-order valence-corrected chi connectivity index (χ0v) is 17.3. The number of morpholine rings is 1. The SMILES string of the molecule is C[C@H]1[C@H](NC(=O)c2ccc(Oc3cc(N4CCOCC4)on3)cc2)C2CCN1CC2. The maximum Gasteiger partial charge on any atom is 0.261 e. The van der Waals surface area contributed by atoms with Gasteiger partial charge in [-0.3, -0.25) is 9.69 Å². The van der Waals surface area contributed by atoms with Gasteiger partial charge in [-0.05, 0) is 68.2 Å². The third kappa shape index (κ3) is 3.89. The molecule has 5 heterocycles. The number of amides is 1. The first-order valence-corrected chi connectivity index (χ1v) is 10.8. The van der Waals surface area contributed by atoms with Gasteiger partial charge in [-0.1, -0.05) is 0 Å². The van der Waals surface area contributed by atoms with E-state index in [0.29, 0.717) is 48.3 Å². The summed E-state index contributed by atoms with van der Waals surface area (Å²) in [5.74, 6) is 2.25. The lowest BCUT2D eigenvalue weighted by atomic mass is 9.79. The molecule has 2 aromatic rings. The molecule has 1 amide bonds. The van der Waals surface area contributed by atoms with E-state index >= 15 is 0 Å². The van der Waals surface area contributed by atoms with Crippen LogP contribution in [0.1, 0.15) is 30.1 Å². The van der Waals surface area contributed by atoms with Gasteiger partial charge in [0.2, 0.25) is 5.88 Å². The fourth-order valence-electron chi connectivity index (χ4n) is 4.81. The number of rotatable bonds is 5. The molecule has 0 aliphatic carbocycles. The average Bonchev–Trinajstić information content (AvgIpc) is 3.26. The summed E-state index contributed by atoms with van der Waals surface area (Å²) >= 11 is 0. The number of hydrogen-bond acceptors (Lipinski definition) is 7. The number of aromatic nitrogens is 1. The monoisotopic (exact) mass is 412 g/mol. The molecule has 4 saturated heterocycles. The summed E-state index contributed by atoms with van der Waals surface area (Å²) in [4.78, 5) is 17.3. The number of piperidine rings is 3. The van der Waals surface area contributed by atoms with Crippen LogP contribution >= 0.6 is 0 Å². The lowest BCUT2D eigenvalue weighted by molar-refractivity contribution is 0.0217. The first-order chi connectivity index (χ1) is 14.7. The van der Waals surface area contributed by atoms with E-state index in [-0.39, 0.29) is 11.9 Å². The van der Waals surface area contributed by atoms with Crippen molar-refractivity contribution in [1.82, 2.24) is 15.4 Å². The molecule has 0 spiro atoms. The Kier molecular flexibility index (Phi) is 5.35. The third-order valence-corrected chi connectivity index (χ3v) is 6.61. The zero-order chi connectivity index (χ0) is 20.5. The van der Waals surface area contributed by atoms with Crippen molar-refractivity contribution in [2.45, 2.75) is 31.8 Å². The molecule has 4 aliphatic rings. The van der Waals surface area contributed by atoms with Crippen molar-refractivity contribution in [3.63, 3.8) is 0 Å². The highest BCUT2D eigenvalue weighted by atomic mass is 16.5. The Morgan fingerprint density at radius 2 is 1.87 bits per heavy atom. The number of hydrogen-bond donors (Lipinski definition) is 1. The van der Waals surface area contributed by atoms with Crippen LogP contribution in [-0.2, 0) is 4.74 Å². The van der Waals surface area contributed by atoms with Gasteiger partial charge in [0.05, 0.1) is 19.3 Å². The molecule has 8 nitrogen and oxygen atoms in total. The van der Waals surface area contributed by atoms with Crippen LogP contribution in [-0.4, -0.2) is 67.4 Å². The maximum absolute atomic E-state index is 12.8. The van der Waals surface area contributed by atoms with Crippen LogP contribution in [0.3, 0.4) is 0 Å². The highest BCUT2D eigenvalue weighted by molar-refractivity contribution is 5.94. The predicted molar refractivity (Wildman–Crippen MR) is 111 cm³/mol. The first kappa shape index (κ1) is 19.4. The maximum atomic E-state index is 12.8. The summed E-state index contributed by atoms with van der Waals surface area (Å²) in [7, 11) is 0. The van der Waals surface area contributed by atoms with Crippen LogP contribution in [0.5, 0.6) is 11.6 Å². The van der Waals surface area contributed by atoms with Gasteiger partial charge in [0, 0.05) is 30.7 Å². The van der Waals surface area contributed by atoms with E-state index in [1.165, 1.54) is 12.8 Å². The zero-order valence-electron chi connectivity index (χ0n) is 17.3. The molecule has 0 saturated carbocycles. The topological polar surface area (TPSA) is 80.1 Å². The molecule has 2 bridgehead atoms. The molecule has 2 atom stereocenters. The number of nitrogens with one attached hydrogen (secondary N) is 1. The van der Waals surface area contributed by atoms with E-state index in [4.69, 9.17) is 14.0 Å². The lowest BCUT2D eigenvalue weighted by Gasteiger charge is -2.49. The van der Waals surface area contributed by atoms with Crippen molar-refractivity contribution in [2.75, 3.05) is 44.3 Å². The standard InChI is InChI=1S/C22H28N4O4/c1-15-21(16-6-8-25(15)9-7-16)23-22(27)17-2-4-18(5-3-17)29-19-14-20(30-24-19)26-10-12-28-13-11-26/h2-5,14-16,21H,6-13H2,1H3,(H,23,27)/t15-,21-/m0/s1. The number of carbonyl (C=O) groups excluding carboxylic acids is 1. The summed E-state index contributed by atoms with van der Waals surface area (Å²) in [6.07, 6.45) is 2.35. The number of nitrogens with zero attached hydrogens (tertiary/aromatic N) is 3. The normalized spacial score (nSPS) is 28.4. The van der Waals surface area contributed by atoms with Gasteiger partial charge in [0.1, 0.15) is 5.75 Å². The third-order valence-electron chi connectivity index (χ3n) is 6.61. The van der Waals surface area contributed by atoms with Gasteiger partial charge >= 0.3 is 0 Å². The minimum Gasteiger partial charge on any atom is -0.436 e. The van der Waals surface area contributed by atoms with E-state index in [1.54, 1.807) is 30.3 Å². The Bertz CT molecular complexity index is 868. The fraction of sp³-hybridized carbons (Fsp3) is 0.545. The van der Waals surface area contributed by atoms with Crippen LogP contribution in [0.4, 0.5) is 5.88 Å². The molecule has 1 aromatic heterocycles. The highest BCUT2D eigenvalue weighted by Crippen LogP contribution is 2.32. The van der Waals surface area contributed by atoms with Gasteiger partial charge in [-0.15, -0.1) is 0 Å². The van der Waals surface area contributed by atoms with Crippen molar-refractivity contribution < 1.29 is 18.8 Å². The Labute approximate surface area is 176 Å². The molecule has 30 heavy (non-hydrogen) atoms. The van der Waals surface area contributed by atoms with E-state index < -0.39 is 0 Å². The van der Waals surface area contributed by atoms with Crippen molar-refractivity contribution in [1.29, 1.82) is 0 Å². The van der Waals surface area contributed by atoms with Crippen LogP contribution in [0.15, 0.2) is 34.9 Å². The van der Waals surface area contributed by atoms with E-state index in [0.717, 1.165) is 26.2 Å². The summed E-state index contributed by atoms with van der Waals surface area (Å²) in [5.41, 5.74) is 0.639. The molecule has 0 unspecified atom stereocenters. The molecule has 4 aliphatic heterocycles. The molecular formula is C22H28N4O4. The van der Waals surface area contributed by atoms with Crippen molar-refractivity contribution in [3.05, 3.63) is 35.9 Å². The second-order valence-corrected chi connectivity index (χ2v) is 8.34. The Morgan fingerprint density at radius 3 is 2.57 bits per heavy atom. The quantitative estimate of drug-likeness (QED) is 0.808. The van der Waals surface area contributed by atoms with Gasteiger partial charge < -0.3 is 24.2 Å². The van der Waals surface area contributed by atoms with Gasteiger partial charge in [-0.2, -0.15) is 0 Å². The van der Waals surface area contributed by atoms with Crippen LogP contribution < -0.4 is 15.0 Å². The van der Waals surface area contributed by atoms with Gasteiger partial charge in [0.15, 0.2) is 0 Å². The summed E-state index contributed by atoms with van der Waals surface area (Å²) in [6.45, 7) is 7.43. The molecule has 160 valence electrons. The van der Waals surface area contributed by atoms with Crippen molar-refractivity contribution in [2.24, 2.45) is 5.92 Å². The number of benzene rings is 1. The summed E-state index contributed by atoms with van der Waals surface area (Å²) in [6, 6.07) is 9.57. The molecule has 1 aromatic carbocycles. The number of ether oxygens (including phenoxy) is 2. The molecular weight excluding hydrogens is 384 g/mol. The van der Waals surface area contributed by atoms with Crippen molar-refractivity contribution in [3.8, 4) is 11.6 Å². The largest absolute Gasteiger partial charge is 0.436 e. The van der Waals surface area contributed by atoms with Crippen LogP contribution in [0.25, 0.3) is 0 Å². The van der Waals surface area contributed by atoms with E-state index in [1.807, 2.05) is 0 Å². The second-order valence-electron chi connectivity index (χ2n) is 8.34. The average molecular weight is 412 g/mol. The number of anilines is 1. The Hall–Kier alpha value is -2.58. The minimum absolute atomic E-state index is 0.0248. The Balaban J connectivity index is 1.19. The second kappa shape index (κ2) is 8.28. The summed E-state index contributed by atoms with van der Waals surface area (Å²) < 4.78 is 16.5. The highest BCUT2D eigenvalue weighted by Gasteiger charge is 2.40. The first-order valence-electron chi connectivity index (χ1n) is 10.8. The number of fused-ring (bicyclic) bond motifs is 3.